The fourth-order valence-corrected chi connectivity index (χ4v) is 2.60. The van der Waals surface area contributed by atoms with Gasteiger partial charge < -0.3 is 5.73 Å². The molecule has 0 aromatic heterocycles. The highest BCUT2D eigenvalue weighted by molar-refractivity contribution is 7.92. The van der Waals surface area contributed by atoms with Crippen LogP contribution in [0.5, 0.6) is 0 Å². The van der Waals surface area contributed by atoms with Gasteiger partial charge >= 0.3 is 0 Å². The molecular formula is C7H17NO2S. The van der Waals surface area contributed by atoms with Crippen LogP contribution in [0.1, 0.15) is 20.8 Å². The molecule has 2 N–H and O–H groups in total. The van der Waals surface area contributed by atoms with E-state index in [9.17, 15) is 8.42 Å². The summed E-state index contributed by atoms with van der Waals surface area (Å²) in [5, 5.41) is -0.368. The Kier molecular flexibility index (Phi) is 4.03. The third-order valence-corrected chi connectivity index (χ3v) is 4.30. The first-order chi connectivity index (χ1) is 4.95. The summed E-state index contributed by atoms with van der Waals surface area (Å²) < 4.78 is 22.6. The Labute approximate surface area is 68.9 Å². The SMILES string of the molecule is CCS(=O)(=O)C(CN)C(C)C. The molecule has 0 aliphatic carbocycles. The van der Waals surface area contributed by atoms with E-state index < -0.39 is 9.84 Å². The fraction of sp³-hybridized carbons (Fsp3) is 1.00. The zero-order valence-electron chi connectivity index (χ0n) is 7.37. The van der Waals surface area contributed by atoms with Crippen LogP contribution < -0.4 is 5.73 Å². The minimum Gasteiger partial charge on any atom is -0.329 e. The Hall–Kier alpha value is -0.0900. The van der Waals surface area contributed by atoms with E-state index >= 15 is 0 Å². The van der Waals surface area contributed by atoms with E-state index in [4.69, 9.17) is 5.73 Å². The molecular weight excluding hydrogens is 162 g/mol. The molecule has 0 amide bonds. The van der Waals surface area contributed by atoms with Gasteiger partial charge in [-0.2, -0.15) is 0 Å². The predicted octanol–water partition coefficient (Wildman–Crippen LogP) is 0.404. The highest BCUT2D eigenvalue weighted by atomic mass is 32.2. The van der Waals surface area contributed by atoms with Crippen LogP contribution >= 0.6 is 0 Å². The summed E-state index contributed by atoms with van der Waals surface area (Å²) in [6.45, 7) is 5.64. The monoisotopic (exact) mass is 179 g/mol. The summed E-state index contributed by atoms with van der Waals surface area (Å²) in [6.07, 6.45) is 0. The van der Waals surface area contributed by atoms with Gasteiger partial charge in [0.1, 0.15) is 0 Å². The second kappa shape index (κ2) is 4.07. The molecule has 0 aliphatic rings. The summed E-state index contributed by atoms with van der Waals surface area (Å²) in [4.78, 5) is 0. The molecule has 68 valence electrons. The Balaban J connectivity index is 4.51. The predicted molar refractivity (Wildman–Crippen MR) is 47.1 cm³/mol. The van der Waals surface area contributed by atoms with Crippen LogP contribution in [-0.2, 0) is 9.84 Å². The van der Waals surface area contributed by atoms with Crippen LogP contribution in [-0.4, -0.2) is 26.0 Å². The van der Waals surface area contributed by atoms with Crippen molar-refractivity contribution in [1.29, 1.82) is 0 Å². The Bertz CT molecular complexity index is 196. The lowest BCUT2D eigenvalue weighted by atomic mass is 10.1. The summed E-state index contributed by atoms with van der Waals surface area (Å²) >= 11 is 0. The molecule has 1 unspecified atom stereocenters. The van der Waals surface area contributed by atoms with Gasteiger partial charge in [0.05, 0.1) is 5.25 Å². The van der Waals surface area contributed by atoms with Gasteiger partial charge in [-0.1, -0.05) is 20.8 Å². The van der Waals surface area contributed by atoms with Crippen molar-refractivity contribution in [2.24, 2.45) is 11.7 Å². The molecule has 0 aromatic carbocycles. The van der Waals surface area contributed by atoms with Crippen molar-refractivity contribution in [3.8, 4) is 0 Å². The Morgan fingerprint density at radius 2 is 1.82 bits per heavy atom. The zero-order valence-corrected chi connectivity index (χ0v) is 8.19. The molecule has 3 nitrogen and oxygen atoms in total. The van der Waals surface area contributed by atoms with Crippen LogP contribution in [0.25, 0.3) is 0 Å². The van der Waals surface area contributed by atoms with Gasteiger partial charge in [-0.15, -0.1) is 0 Å². The largest absolute Gasteiger partial charge is 0.329 e. The standard InChI is InChI=1S/C7H17NO2S/c1-4-11(9,10)7(5-8)6(2)3/h6-7H,4-5,8H2,1-3H3. The first-order valence-corrected chi connectivity index (χ1v) is 5.58. The van der Waals surface area contributed by atoms with E-state index in [1.54, 1.807) is 6.92 Å². The van der Waals surface area contributed by atoms with Gasteiger partial charge in [-0.25, -0.2) is 8.42 Å². The second-order valence-corrected chi connectivity index (χ2v) is 5.48. The number of hydrogen-bond acceptors (Lipinski definition) is 3. The molecule has 0 aliphatic heterocycles. The van der Waals surface area contributed by atoms with E-state index in [1.165, 1.54) is 0 Å². The summed E-state index contributed by atoms with van der Waals surface area (Å²) in [5.41, 5.74) is 5.36. The molecule has 11 heavy (non-hydrogen) atoms. The average molecular weight is 179 g/mol. The first-order valence-electron chi connectivity index (χ1n) is 3.87. The minimum atomic E-state index is -2.93. The topological polar surface area (TPSA) is 60.2 Å². The highest BCUT2D eigenvalue weighted by Gasteiger charge is 2.24. The van der Waals surface area contributed by atoms with Crippen molar-refractivity contribution in [3.05, 3.63) is 0 Å². The maximum absolute atomic E-state index is 11.3. The molecule has 0 bridgehead atoms. The van der Waals surface area contributed by atoms with Crippen LogP contribution in [0.15, 0.2) is 0 Å². The molecule has 0 saturated carbocycles. The molecule has 0 saturated heterocycles. The van der Waals surface area contributed by atoms with E-state index in [-0.39, 0.29) is 23.5 Å². The van der Waals surface area contributed by atoms with Gasteiger partial charge in [0.2, 0.25) is 0 Å². The van der Waals surface area contributed by atoms with E-state index in [0.717, 1.165) is 0 Å². The van der Waals surface area contributed by atoms with Crippen molar-refractivity contribution in [1.82, 2.24) is 0 Å². The van der Waals surface area contributed by atoms with Crippen LogP contribution in [0.2, 0.25) is 0 Å². The third kappa shape index (κ3) is 2.79. The third-order valence-electron chi connectivity index (χ3n) is 1.84. The fourth-order valence-electron chi connectivity index (χ4n) is 1.05. The molecule has 0 spiro atoms. The lowest BCUT2D eigenvalue weighted by Crippen LogP contribution is -2.35. The molecule has 0 rings (SSSR count). The van der Waals surface area contributed by atoms with Crippen molar-refractivity contribution in [2.75, 3.05) is 12.3 Å². The van der Waals surface area contributed by atoms with Crippen molar-refractivity contribution >= 4 is 9.84 Å². The number of hydrogen-bond donors (Lipinski definition) is 1. The average Bonchev–Trinajstić information content (AvgIpc) is 1.88. The van der Waals surface area contributed by atoms with Crippen molar-refractivity contribution in [3.63, 3.8) is 0 Å². The number of rotatable bonds is 4. The maximum atomic E-state index is 11.3. The molecule has 0 heterocycles. The van der Waals surface area contributed by atoms with Gasteiger partial charge in [0.15, 0.2) is 9.84 Å². The number of nitrogens with two attached hydrogens (primary N) is 1. The van der Waals surface area contributed by atoms with Gasteiger partial charge in [-0.3, -0.25) is 0 Å². The Morgan fingerprint density at radius 1 is 1.36 bits per heavy atom. The van der Waals surface area contributed by atoms with E-state index in [2.05, 4.69) is 0 Å². The van der Waals surface area contributed by atoms with Crippen molar-refractivity contribution < 1.29 is 8.42 Å². The molecule has 1 atom stereocenters. The normalized spacial score (nSPS) is 15.4. The number of sulfone groups is 1. The highest BCUT2D eigenvalue weighted by Crippen LogP contribution is 2.11. The summed E-state index contributed by atoms with van der Waals surface area (Å²) in [5.74, 6) is 0.303. The van der Waals surface area contributed by atoms with E-state index in [0.29, 0.717) is 0 Å². The quantitative estimate of drug-likeness (QED) is 0.679. The molecule has 4 heteroatoms. The Morgan fingerprint density at radius 3 is 1.91 bits per heavy atom. The molecule has 0 fully saturated rings. The van der Waals surface area contributed by atoms with Crippen molar-refractivity contribution in [2.45, 2.75) is 26.0 Å². The molecule has 0 radical (unpaired) electrons. The lowest BCUT2D eigenvalue weighted by Gasteiger charge is -2.17. The van der Waals surface area contributed by atoms with Crippen LogP contribution in [0, 0.1) is 5.92 Å². The second-order valence-electron chi connectivity index (χ2n) is 2.97. The molecule has 0 aromatic rings. The summed E-state index contributed by atoms with van der Waals surface area (Å²) in [6, 6.07) is 0. The first kappa shape index (κ1) is 10.9. The van der Waals surface area contributed by atoms with E-state index in [1.807, 2.05) is 13.8 Å². The van der Waals surface area contributed by atoms with Crippen LogP contribution in [0.3, 0.4) is 0 Å². The van der Waals surface area contributed by atoms with Gasteiger partial charge in [0.25, 0.3) is 0 Å². The summed E-state index contributed by atoms with van der Waals surface area (Å²) in [7, 11) is -2.93. The van der Waals surface area contributed by atoms with Crippen LogP contribution in [0.4, 0.5) is 0 Å². The minimum absolute atomic E-state index is 0.116. The maximum Gasteiger partial charge on any atom is 0.154 e. The lowest BCUT2D eigenvalue weighted by molar-refractivity contribution is 0.534. The van der Waals surface area contributed by atoms with Gasteiger partial charge in [-0.05, 0) is 5.92 Å². The zero-order chi connectivity index (χ0) is 9.07. The van der Waals surface area contributed by atoms with Gasteiger partial charge in [0, 0.05) is 12.3 Å². The smallest absolute Gasteiger partial charge is 0.154 e.